The van der Waals surface area contributed by atoms with Crippen molar-refractivity contribution >= 4 is 28.4 Å². The number of fused-ring (bicyclic) bond motifs is 1. The minimum atomic E-state index is -0.410. The van der Waals surface area contributed by atoms with E-state index < -0.39 is 6.10 Å². The summed E-state index contributed by atoms with van der Waals surface area (Å²) in [6, 6.07) is 7.18. The molecule has 0 saturated heterocycles. The van der Waals surface area contributed by atoms with Crippen LogP contribution < -0.4 is 5.32 Å². The van der Waals surface area contributed by atoms with Gasteiger partial charge >= 0.3 is 0 Å². The molecular formula is C13H15ClN2O2. The molecule has 2 rings (SSSR count). The molecule has 4 nitrogen and oxygen atoms in total. The molecule has 0 spiro atoms. The molecule has 0 bridgehead atoms. The molecule has 0 saturated carbocycles. The van der Waals surface area contributed by atoms with E-state index in [4.69, 9.17) is 16.7 Å². The van der Waals surface area contributed by atoms with Gasteiger partial charge in [-0.3, -0.25) is 4.79 Å². The van der Waals surface area contributed by atoms with Crippen LogP contribution in [0.5, 0.6) is 0 Å². The normalized spacial score (nSPS) is 12.6. The number of H-pyrrole nitrogens is 1. The lowest BCUT2D eigenvalue weighted by Gasteiger charge is -2.05. The van der Waals surface area contributed by atoms with Crippen molar-refractivity contribution in [2.45, 2.75) is 19.4 Å². The molecule has 96 valence electrons. The highest BCUT2D eigenvalue weighted by molar-refractivity contribution is 6.31. The summed E-state index contributed by atoms with van der Waals surface area (Å²) in [5.41, 5.74) is 1.37. The summed E-state index contributed by atoms with van der Waals surface area (Å²) in [7, 11) is 0. The molecule has 1 aromatic heterocycles. The molecule has 0 radical (unpaired) electrons. The van der Waals surface area contributed by atoms with Gasteiger partial charge in [0.1, 0.15) is 5.69 Å². The first-order chi connectivity index (χ1) is 8.56. The van der Waals surface area contributed by atoms with Crippen LogP contribution in [0.3, 0.4) is 0 Å². The zero-order valence-corrected chi connectivity index (χ0v) is 10.8. The average molecular weight is 267 g/mol. The lowest BCUT2D eigenvalue weighted by molar-refractivity contribution is 0.0941. The third kappa shape index (κ3) is 3.03. The van der Waals surface area contributed by atoms with Crippen LogP contribution in [0.25, 0.3) is 10.9 Å². The summed E-state index contributed by atoms with van der Waals surface area (Å²) < 4.78 is 0. The number of carbonyl (C=O) groups is 1. The number of amides is 1. The number of rotatable bonds is 4. The van der Waals surface area contributed by atoms with Crippen molar-refractivity contribution in [1.29, 1.82) is 0 Å². The van der Waals surface area contributed by atoms with Crippen molar-refractivity contribution in [2.24, 2.45) is 0 Å². The zero-order chi connectivity index (χ0) is 13.1. The van der Waals surface area contributed by atoms with E-state index in [2.05, 4.69) is 10.3 Å². The monoisotopic (exact) mass is 266 g/mol. The molecule has 1 aromatic carbocycles. The number of carbonyl (C=O) groups excluding carboxylic acids is 1. The molecule has 1 atom stereocenters. The van der Waals surface area contributed by atoms with Gasteiger partial charge in [0.25, 0.3) is 5.91 Å². The minimum Gasteiger partial charge on any atom is -0.393 e. The van der Waals surface area contributed by atoms with Gasteiger partial charge < -0.3 is 15.4 Å². The Bertz CT molecular complexity index is 563. The maximum Gasteiger partial charge on any atom is 0.267 e. The number of benzene rings is 1. The van der Waals surface area contributed by atoms with E-state index in [0.717, 1.165) is 10.9 Å². The van der Waals surface area contributed by atoms with Crippen molar-refractivity contribution in [3.63, 3.8) is 0 Å². The SMILES string of the molecule is CC(O)CCNC(=O)c1cc2cc(Cl)ccc2[nH]1. The smallest absolute Gasteiger partial charge is 0.267 e. The third-order valence-electron chi connectivity index (χ3n) is 2.68. The lowest BCUT2D eigenvalue weighted by Crippen LogP contribution is -2.26. The number of aromatic nitrogens is 1. The van der Waals surface area contributed by atoms with Gasteiger partial charge in [0.2, 0.25) is 0 Å². The largest absolute Gasteiger partial charge is 0.393 e. The molecule has 0 aliphatic carbocycles. The Labute approximate surface area is 110 Å². The van der Waals surface area contributed by atoms with Gasteiger partial charge in [-0.05, 0) is 37.6 Å². The number of hydrogen-bond donors (Lipinski definition) is 3. The van der Waals surface area contributed by atoms with Gasteiger partial charge in [-0.25, -0.2) is 0 Å². The van der Waals surface area contributed by atoms with E-state index in [0.29, 0.717) is 23.7 Å². The molecule has 18 heavy (non-hydrogen) atoms. The standard InChI is InChI=1S/C13H15ClN2O2/c1-8(17)4-5-15-13(18)12-7-9-6-10(14)2-3-11(9)16-12/h2-3,6-8,16-17H,4-5H2,1H3,(H,15,18). The Morgan fingerprint density at radius 2 is 2.28 bits per heavy atom. The predicted octanol–water partition coefficient (Wildman–Crippen LogP) is 2.32. The van der Waals surface area contributed by atoms with Crippen LogP contribution in [0.1, 0.15) is 23.8 Å². The van der Waals surface area contributed by atoms with Gasteiger partial charge in [0.15, 0.2) is 0 Å². The molecule has 2 aromatic rings. The quantitative estimate of drug-likeness (QED) is 0.795. The highest BCUT2D eigenvalue weighted by atomic mass is 35.5. The predicted molar refractivity (Wildman–Crippen MR) is 71.9 cm³/mol. The van der Waals surface area contributed by atoms with Gasteiger partial charge in [-0.15, -0.1) is 0 Å². The Kier molecular flexibility index (Phi) is 3.89. The number of nitrogens with one attached hydrogen (secondary N) is 2. The van der Waals surface area contributed by atoms with Gasteiger partial charge in [0.05, 0.1) is 6.10 Å². The van der Waals surface area contributed by atoms with E-state index in [1.54, 1.807) is 25.1 Å². The maximum absolute atomic E-state index is 11.8. The molecular weight excluding hydrogens is 252 g/mol. The second-order valence-corrected chi connectivity index (χ2v) is 4.74. The fourth-order valence-corrected chi connectivity index (χ4v) is 1.90. The maximum atomic E-state index is 11.8. The molecule has 1 unspecified atom stereocenters. The van der Waals surface area contributed by atoms with Crippen molar-refractivity contribution in [1.82, 2.24) is 10.3 Å². The third-order valence-corrected chi connectivity index (χ3v) is 2.91. The fraction of sp³-hybridized carbons (Fsp3) is 0.308. The van der Waals surface area contributed by atoms with Crippen LogP contribution in [-0.4, -0.2) is 28.6 Å². The molecule has 0 aliphatic heterocycles. The van der Waals surface area contributed by atoms with Crippen LogP contribution in [0.15, 0.2) is 24.3 Å². The van der Waals surface area contributed by atoms with Crippen molar-refractivity contribution < 1.29 is 9.90 Å². The summed E-state index contributed by atoms with van der Waals surface area (Å²) in [5, 5.41) is 13.4. The fourth-order valence-electron chi connectivity index (χ4n) is 1.72. The van der Waals surface area contributed by atoms with E-state index in [1.807, 2.05) is 6.07 Å². The number of halogens is 1. The van der Waals surface area contributed by atoms with E-state index in [1.165, 1.54) is 0 Å². The zero-order valence-electron chi connectivity index (χ0n) is 10.0. The van der Waals surface area contributed by atoms with Gasteiger partial charge in [-0.2, -0.15) is 0 Å². The van der Waals surface area contributed by atoms with E-state index in [-0.39, 0.29) is 5.91 Å². The molecule has 5 heteroatoms. The van der Waals surface area contributed by atoms with Crippen LogP contribution in [0.2, 0.25) is 5.02 Å². The Hall–Kier alpha value is -1.52. The topological polar surface area (TPSA) is 65.1 Å². The number of hydrogen-bond acceptors (Lipinski definition) is 2. The van der Waals surface area contributed by atoms with Crippen LogP contribution in [0, 0.1) is 0 Å². The van der Waals surface area contributed by atoms with E-state index in [9.17, 15) is 4.79 Å². The summed E-state index contributed by atoms with van der Waals surface area (Å²) in [6.45, 7) is 2.14. The first-order valence-corrected chi connectivity index (χ1v) is 6.18. The number of aromatic amines is 1. The molecule has 0 aliphatic rings. The van der Waals surface area contributed by atoms with Gasteiger partial charge in [-0.1, -0.05) is 11.6 Å². The van der Waals surface area contributed by atoms with Crippen molar-refractivity contribution in [2.75, 3.05) is 6.54 Å². The summed E-state index contributed by atoms with van der Waals surface area (Å²) in [4.78, 5) is 14.9. The van der Waals surface area contributed by atoms with Crippen molar-refractivity contribution in [3.05, 3.63) is 35.0 Å². The first-order valence-electron chi connectivity index (χ1n) is 5.81. The van der Waals surface area contributed by atoms with Crippen LogP contribution >= 0.6 is 11.6 Å². The molecule has 1 amide bonds. The second kappa shape index (κ2) is 5.42. The highest BCUT2D eigenvalue weighted by Gasteiger charge is 2.09. The lowest BCUT2D eigenvalue weighted by atomic mass is 10.2. The summed E-state index contributed by atoms with van der Waals surface area (Å²) >= 11 is 5.88. The average Bonchev–Trinajstić information content (AvgIpc) is 2.71. The second-order valence-electron chi connectivity index (χ2n) is 4.31. The highest BCUT2D eigenvalue weighted by Crippen LogP contribution is 2.19. The molecule has 3 N–H and O–H groups in total. The van der Waals surface area contributed by atoms with Crippen LogP contribution in [-0.2, 0) is 0 Å². The first kappa shape index (κ1) is 12.9. The summed E-state index contributed by atoms with van der Waals surface area (Å²) in [6.07, 6.45) is 0.129. The van der Waals surface area contributed by atoms with Crippen molar-refractivity contribution in [3.8, 4) is 0 Å². The minimum absolute atomic E-state index is 0.178. The number of aliphatic hydroxyl groups excluding tert-OH is 1. The van der Waals surface area contributed by atoms with E-state index >= 15 is 0 Å². The Morgan fingerprint density at radius 1 is 1.50 bits per heavy atom. The summed E-state index contributed by atoms with van der Waals surface area (Å²) in [5.74, 6) is -0.178. The Balaban J connectivity index is 2.08. The van der Waals surface area contributed by atoms with Crippen LogP contribution in [0.4, 0.5) is 0 Å². The van der Waals surface area contributed by atoms with Gasteiger partial charge in [0, 0.05) is 22.5 Å². The molecule has 0 fully saturated rings. The number of aliphatic hydroxyl groups is 1. The Morgan fingerprint density at radius 3 is 3.00 bits per heavy atom. The molecule has 1 heterocycles.